The predicted octanol–water partition coefficient (Wildman–Crippen LogP) is 8.18. The number of nitrogen functional groups attached to an aromatic ring is 2. The van der Waals surface area contributed by atoms with Crippen LogP contribution in [0.3, 0.4) is 0 Å². The fourth-order valence-corrected chi connectivity index (χ4v) is 7.98. The molecule has 4 heteroatoms. The lowest BCUT2D eigenvalue weighted by molar-refractivity contribution is 0.205. The normalized spacial score (nSPS) is 24.7. The molecule has 0 spiro atoms. The highest BCUT2D eigenvalue weighted by Gasteiger charge is 2.60. The summed E-state index contributed by atoms with van der Waals surface area (Å²) in [7, 11) is 0. The molecule has 3 aliphatic rings. The van der Waals surface area contributed by atoms with Gasteiger partial charge in [0.2, 0.25) is 0 Å². The first kappa shape index (κ1) is 23.2. The maximum Gasteiger partial charge on any atom is 0.127 e. The first-order chi connectivity index (χ1) is 18.6. The molecular formula is C34H34N2O2. The highest BCUT2D eigenvalue weighted by Crippen LogP contribution is 2.67. The van der Waals surface area contributed by atoms with Crippen LogP contribution in [0.25, 0.3) is 0 Å². The van der Waals surface area contributed by atoms with E-state index < -0.39 is 0 Å². The molecule has 3 saturated carbocycles. The number of hydrogen-bond donors (Lipinski definition) is 2. The highest BCUT2D eigenvalue weighted by molar-refractivity contribution is 5.49. The largest absolute Gasteiger partial charge is 0.457 e. The molecule has 0 radical (unpaired) electrons. The fraction of sp³-hybridized carbons (Fsp3) is 0.294. The molecule has 4 unspecified atom stereocenters. The Kier molecular flexibility index (Phi) is 5.57. The van der Waals surface area contributed by atoms with E-state index in [4.69, 9.17) is 20.9 Å². The van der Waals surface area contributed by atoms with Crippen molar-refractivity contribution in [3.8, 4) is 23.0 Å². The second kappa shape index (κ2) is 9.13. The summed E-state index contributed by atoms with van der Waals surface area (Å²) in [6.45, 7) is 0. The molecule has 0 heterocycles. The fourth-order valence-electron chi connectivity index (χ4n) is 7.98. The number of hydrogen-bond acceptors (Lipinski definition) is 4. The van der Waals surface area contributed by atoms with Crippen LogP contribution >= 0.6 is 0 Å². The predicted molar refractivity (Wildman–Crippen MR) is 153 cm³/mol. The van der Waals surface area contributed by atoms with E-state index >= 15 is 0 Å². The number of nitrogens with two attached hydrogens (primary N) is 2. The summed E-state index contributed by atoms with van der Waals surface area (Å²) < 4.78 is 12.3. The van der Waals surface area contributed by atoms with E-state index in [1.165, 1.54) is 43.2 Å². The molecule has 7 rings (SSSR count). The molecule has 0 saturated heterocycles. The van der Waals surface area contributed by atoms with E-state index in [2.05, 4.69) is 48.5 Å². The molecule has 4 aromatic rings. The molecule has 4 N–H and O–H groups in total. The van der Waals surface area contributed by atoms with Gasteiger partial charge in [0.05, 0.1) is 0 Å². The summed E-state index contributed by atoms with van der Waals surface area (Å²) in [5.41, 5.74) is 16.0. The van der Waals surface area contributed by atoms with Crippen molar-refractivity contribution in [1.29, 1.82) is 0 Å². The molecule has 4 nitrogen and oxygen atoms in total. The van der Waals surface area contributed by atoms with Gasteiger partial charge in [0.25, 0.3) is 0 Å². The Balaban J connectivity index is 1.21. The monoisotopic (exact) mass is 502 g/mol. The number of ether oxygens (including phenoxy) is 2. The van der Waals surface area contributed by atoms with E-state index in [0.29, 0.717) is 5.92 Å². The zero-order valence-corrected chi connectivity index (χ0v) is 21.6. The Hall–Kier alpha value is -3.92. The van der Waals surface area contributed by atoms with Crippen LogP contribution in [0.2, 0.25) is 0 Å². The van der Waals surface area contributed by atoms with Crippen molar-refractivity contribution in [2.24, 2.45) is 23.7 Å². The molecule has 0 aromatic heterocycles. The third-order valence-corrected chi connectivity index (χ3v) is 9.50. The van der Waals surface area contributed by atoms with Gasteiger partial charge in [-0.15, -0.1) is 0 Å². The van der Waals surface area contributed by atoms with E-state index in [0.717, 1.165) is 52.1 Å². The molecule has 192 valence electrons. The van der Waals surface area contributed by atoms with Gasteiger partial charge in [-0.25, -0.2) is 0 Å². The van der Waals surface area contributed by atoms with Crippen molar-refractivity contribution in [1.82, 2.24) is 0 Å². The van der Waals surface area contributed by atoms with E-state index in [1.807, 2.05) is 48.5 Å². The van der Waals surface area contributed by atoms with Crippen molar-refractivity contribution in [2.75, 3.05) is 11.5 Å². The third-order valence-electron chi connectivity index (χ3n) is 9.50. The van der Waals surface area contributed by atoms with Crippen molar-refractivity contribution >= 4 is 11.4 Å². The quantitative estimate of drug-likeness (QED) is 0.261. The number of anilines is 2. The van der Waals surface area contributed by atoms with Crippen molar-refractivity contribution in [3.05, 3.63) is 108 Å². The van der Waals surface area contributed by atoms with Crippen LogP contribution in [-0.2, 0) is 5.41 Å². The highest BCUT2D eigenvalue weighted by atomic mass is 16.5. The summed E-state index contributed by atoms with van der Waals surface area (Å²) >= 11 is 0. The first-order valence-electron chi connectivity index (χ1n) is 13.9. The van der Waals surface area contributed by atoms with Gasteiger partial charge < -0.3 is 20.9 Å². The second-order valence-electron chi connectivity index (χ2n) is 11.4. The zero-order chi connectivity index (χ0) is 25.7. The Morgan fingerprint density at radius 1 is 0.526 bits per heavy atom. The van der Waals surface area contributed by atoms with Gasteiger partial charge in [0, 0.05) is 16.8 Å². The minimum Gasteiger partial charge on any atom is -0.457 e. The summed E-state index contributed by atoms with van der Waals surface area (Å²) in [5.74, 6) is 6.57. The number of rotatable bonds is 6. The Bertz CT molecular complexity index is 1320. The maximum absolute atomic E-state index is 6.13. The van der Waals surface area contributed by atoms with Gasteiger partial charge in [0.1, 0.15) is 23.0 Å². The summed E-state index contributed by atoms with van der Waals surface area (Å²) in [6, 6.07) is 32.9. The van der Waals surface area contributed by atoms with Crippen LogP contribution < -0.4 is 20.9 Å². The van der Waals surface area contributed by atoms with Crippen molar-refractivity contribution in [2.45, 2.75) is 37.5 Å². The van der Waals surface area contributed by atoms with E-state index in [1.54, 1.807) is 0 Å². The summed E-state index contributed by atoms with van der Waals surface area (Å²) in [5, 5.41) is 0. The molecule has 0 aliphatic heterocycles. The van der Waals surface area contributed by atoms with Crippen LogP contribution in [0.15, 0.2) is 97.1 Å². The van der Waals surface area contributed by atoms with Crippen LogP contribution in [-0.4, -0.2) is 0 Å². The average molecular weight is 503 g/mol. The van der Waals surface area contributed by atoms with Gasteiger partial charge in [-0.3, -0.25) is 0 Å². The molecule has 3 aliphatic carbocycles. The lowest BCUT2D eigenvalue weighted by atomic mass is 9.62. The molecule has 0 amide bonds. The topological polar surface area (TPSA) is 70.5 Å². The standard InChI is InChI=1S/C34H34N2O2/c35-26-7-15-30(16-8-26)37-28-11-3-24(4-12-28)34(20-19-32-22-1-2-23(21-22)33(32)34)25-5-13-29(14-6-25)38-31-17-9-27(36)10-18-31/h3-18,22-23,32-33H,1-2,19-21,35-36H2. The summed E-state index contributed by atoms with van der Waals surface area (Å²) in [4.78, 5) is 0. The average Bonchev–Trinajstić information content (AvgIpc) is 3.67. The van der Waals surface area contributed by atoms with Gasteiger partial charge in [-0.2, -0.15) is 0 Å². The van der Waals surface area contributed by atoms with Crippen LogP contribution in [0.1, 0.15) is 43.2 Å². The van der Waals surface area contributed by atoms with Crippen LogP contribution in [0.5, 0.6) is 23.0 Å². The molecule has 4 atom stereocenters. The molecule has 3 fully saturated rings. The molecule has 2 bridgehead atoms. The Labute approximate surface area is 224 Å². The first-order valence-corrected chi connectivity index (χ1v) is 13.9. The van der Waals surface area contributed by atoms with Crippen LogP contribution in [0, 0.1) is 23.7 Å². The minimum absolute atomic E-state index is 0.0317. The molecular weight excluding hydrogens is 468 g/mol. The Morgan fingerprint density at radius 2 is 0.947 bits per heavy atom. The molecule has 38 heavy (non-hydrogen) atoms. The number of benzene rings is 4. The van der Waals surface area contributed by atoms with Gasteiger partial charge in [-0.05, 0) is 140 Å². The van der Waals surface area contributed by atoms with Crippen molar-refractivity contribution in [3.63, 3.8) is 0 Å². The lowest BCUT2D eigenvalue weighted by Crippen LogP contribution is -2.37. The van der Waals surface area contributed by atoms with Gasteiger partial charge in [-0.1, -0.05) is 24.3 Å². The second-order valence-corrected chi connectivity index (χ2v) is 11.4. The number of fused-ring (bicyclic) bond motifs is 5. The van der Waals surface area contributed by atoms with Crippen LogP contribution in [0.4, 0.5) is 11.4 Å². The minimum atomic E-state index is 0.0317. The van der Waals surface area contributed by atoms with Gasteiger partial charge >= 0.3 is 0 Å². The van der Waals surface area contributed by atoms with E-state index in [9.17, 15) is 0 Å². The third kappa shape index (κ3) is 3.91. The smallest absolute Gasteiger partial charge is 0.127 e. The Morgan fingerprint density at radius 3 is 1.42 bits per heavy atom. The van der Waals surface area contributed by atoms with Gasteiger partial charge in [0.15, 0.2) is 0 Å². The van der Waals surface area contributed by atoms with Crippen molar-refractivity contribution < 1.29 is 9.47 Å². The SMILES string of the molecule is Nc1ccc(Oc2ccc(C3(c4ccc(Oc5ccc(N)cc5)cc4)CCC4C5CCC(C5)C43)cc2)cc1. The lowest BCUT2D eigenvalue weighted by Gasteiger charge is -2.41. The molecule has 4 aromatic carbocycles. The maximum atomic E-state index is 6.13. The zero-order valence-electron chi connectivity index (χ0n) is 21.6. The summed E-state index contributed by atoms with van der Waals surface area (Å²) in [6.07, 6.45) is 6.73. The van der Waals surface area contributed by atoms with E-state index in [-0.39, 0.29) is 5.41 Å².